The Bertz CT molecular complexity index is 256. The summed E-state index contributed by atoms with van der Waals surface area (Å²) in [6.45, 7) is 2.68. The summed E-state index contributed by atoms with van der Waals surface area (Å²) in [5, 5.41) is 7.51. The van der Waals surface area contributed by atoms with Crippen molar-refractivity contribution < 1.29 is 4.74 Å². The topological polar surface area (TPSA) is 33.1 Å². The van der Waals surface area contributed by atoms with Crippen molar-refractivity contribution >= 4 is 5.90 Å². The summed E-state index contributed by atoms with van der Waals surface area (Å²) in [5.41, 5.74) is 1.13. The van der Waals surface area contributed by atoms with E-state index in [1.54, 1.807) is 0 Å². The van der Waals surface area contributed by atoms with E-state index in [0.29, 0.717) is 18.9 Å². The van der Waals surface area contributed by atoms with Crippen molar-refractivity contribution in [3.05, 3.63) is 35.9 Å². The maximum absolute atomic E-state index is 7.51. The van der Waals surface area contributed by atoms with Gasteiger partial charge in [-0.15, -0.1) is 0 Å². The second-order valence-corrected chi connectivity index (χ2v) is 2.93. The van der Waals surface area contributed by atoms with Crippen LogP contribution in [0.3, 0.4) is 0 Å². The molecule has 0 amide bonds. The molecule has 0 saturated carbocycles. The van der Waals surface area contributed by atoms with Crippen LogP contribution >= 0.6 is 0 Å². The lowest BCUT2D eigenvalue weighted by atomic mass is 10.1. The van der Waals surface area contributed by atoms with Crippen LogP contribution in [-0.4, -0.2) is 12.5 Å². The smallest absolute Gasteiger partial charge is 0.184 e. The molecule has 0 bridgehead atoms. The molecule has 13 heavy (non-hydrogen) atoms. The van der Waals surface area contributed by atoms with Crippen molar-refractivity contribution in [3.63, 3.8) is 0 Å². The monoisotopic (exact) mass is 177 g/mol. The van der Waals surface area contributed by atoms with E-state index in [0.717, 1.165) is 12.0 Å². The largest absolute Gasteiger partial charge is 0.481 e. The second kappa shape index (κ2) is 5.36. The van der Waals surface area contributed by atoms with Crippen molar-refractivity contribution in [3.8, 4) is 0 Å². The molecule has 0 spiro atoms. The quantitative estimate of drug-likeness (QED) is 0.556. The van der Waals surface area contributed by atoms with Crippen molar-refractivity contribution in [1.29, 1.82) is 5.41 Å². The van der Waals surface area contributed by atoms with Gasteiger partial charge in [0.25, 0.3) is 0 Å². The van der Waals surface area contributed by atoms with Gasteiger partial charge >= 0.3 is 0 Å². The van der Waals surface area contributed by atoms with E-state index < -0.39 is 0 Å². The van der Waals surface area contributed by atoms with Gasteiger partial charge < -0.3 is 4.74 Å². The van der Waals surface area contributed by atoms with E-state index in [4.69, 9.17) is 10.1 Å². The molecule has 0 aliphatic carbocycles. The van der Waals surface area contributed by atoms with Gasteiger partial charge in [-0.1, -0.05) is 37.3 Å². The van der Waals surface area contributed by atoms with Gasteiger partial charge in [-0.2, -0.15) is 0 Å². The van der Waals surface area contributed by atoms with E-state index >= 15 is 0 Å². The van der Waals surface area contributed by atoms with Gasteiger partial charge in [0.1, 0.15) is 0 Å². The molecule has 0 aliphatic rings. The van der Waals surface area contributed by atoms with Crippen LogP contribution in [0.15, 0.2) is 30.3 Å². The van der Waals surface area contributed by atoms with Crippen LogP contribution in [0.1, 0.15) is 18.9 Å². The number of hydrogen-bond acceptors (Lipinski definition) is 2. The van der Waals surface area contributed by atoms with Crippen LogP contribution in [0.25, 0.3) is 0 Å². The molecular weight excluding hydrogens is 162 g/mol. The van der Waals surface area contributed by atoms with Gasteiger partial charge in [0, 0.05) is 6.42 Å². The molecule has 0 fully saturated rings. The Labute approximate surface area is 79.1 Å². The molecule has 0 atom stereocenters. The van der Waals surface area contributed by atoms with E-state index in [1.807, 2.05) is 37.3 Å². The van der Waals surface area contributed by atoms with Crippen LogP contribution in [0, 0.1) is 5.41 Å². The molecule has 1 rings (SSSR count). The zero-order valence-electron chi connectivity index (χ0n) is 7.92. The summed E-state index contributed by atoms with van der Waals surface area (Å²) in [6, 6.07) is 9.93. The number of rotatable bonds is 4. The van der Waals surface area contributed by atoms with Gasteiger partial charge in [-0.3, -0.25) is 5.41 Å². The minimum Gasteiger partial charge on any atom is -0.481 e. The predicted octanol–water partition coefficient (Wildman–Crippen LogP) is 2.63. The van der Waals surface area contributed by atoms with Crippen molar-refractivity contribution in [1.82, 2.24) is 0 Å². The molecular formula is C11H15NO. The third-order valence-corrected chi connectivity index (χ3v) is 1.69. The predicted molar refractivity (Wildman–Crippen MR) is 54.1 cm³/mol. The second-order valence-electron chi connectivity index (χ2n) is 2.93. The number of hydrogen-bond donors (Lipinski definition) is 1. The Hall–Kier alpha value is -1.31. The Kier molecular flexibility index (Phi) is 4.03. The van der Waals surface area contributed by atoms with Crippen LogP contribution in [0.2, 0.25) is 0 Å². The first-order valence-corrected chi connectivity index (χ1v) is 4.57. The van der Waals surface area contributed by atoms with Crippen LogP contribution in [-0.2, 0) is 11.2 Å². The Balaban J connectivity index is 2.37. The summed E-state index contributed by atoms with van der Waals surface area (Å²) >= 11 is 0. The highest BCUT2D eigenvalue weighted by molar-refractivity contribution is 5.75. The lowest BCUT2D eigenvalue weighted by molar-refractivity contribution is 0.295. The van der Waals surface area contributed by atoms with Gasteiger partial charge in [0.05, 0.1) is 6.61 Å². The highest BCUT2D eigenvalue weighted by atomic mass is 16.5. The average Bonchev–Trinajstić information content (AvgIpc) is 2.16. The molecule has 70 valence electrons. The maximum Gasteiger partial charge on any atom is 0.184 e. The maximum atomic E-state index is 7.51. The standard InChI is InChI=1S/C11H15NO/c1-2-8-13-11(12)9-10-6-4-3-5-7-10/h3-7,12H,2,8-9H2,1H3. The van der Waals surface area contributed by atoms with Gasteiger partial charge in [0.15, 0.2) is 5.90 Å². The number of benzene rings is 1. The van der Waals surface area contributed by atoms with Gasteiger partial charge in [-0.05, 0) is 12.0 Å². The first kappa shape index (κ1) is 9.78. The van der Waals surface area contributed by atoms with Crippen molar-refractivity contribution in [2.24, 2.45) is 0 Å². The zero-order valence-corrected chi connectivity index (χ0v) is 7.92. The molecule has 0 aromatic heterocycles. The summed E-state index contributed by atoms with van der Waals surface area (Å²) in [4.78, 5) is 0. The molecule has 2 heteroatoms. The SMILES string of the molecule is CCCOC(=N)Cc1ccccc1. The van der Waals surface area contributed by atoms with Gasteiger partial charge in [-0.25, -0.2) is 0 Å². The summed E-state index contributed by atoms with van der Waals surface area (Å²) < 4.78 is 5.18. The van der Waals surface area contributed by atoms with Crippen LogP contribution in [0.4, 0.5) is 0 Å². The molecule has 0 radical (unpaired) electrons. The summed E-state index contributed by atoms with van der Waals surface area (Å²) in [6.07, 6.45) is 1.55. The van der Waals surface area contributed by atoms with E-state index in [2.05, 4.69) is 0 Å². The molecule has 1 aromatic rings. The first-order valence-electron chi connectivity index (χ1n) is 4.57. The number of ether oxygens (including phenoxy) is 1. The van der Waals surface area contributed by atoms with Gasteiger partial charge in [0.2, 0.25) is 0 Å². The van der Waals surface area contributed by atoms with Crippen LogP contribution in [0.5, 0.6) is 0 Å². The minimum atomic E-state index is 0.355. The third-order valence-electron chi connectivity index (χ3n) is 1.69. The highest BCUT2D eigenvalue weighted by Gasteiger charge is 1.98. The summed E-state index contributed by atoms with van der Waals surface area (Å²) in [5.74, 6) is 0.355. The first-order chi connectivity index (χ1) is 6.33. The molecule has 2 nitrogen and oxygen atoms in total. The normalized spacial score (nSPS) is 9.62. The number of nitrogens with one attached hydrogen (secondary N) is 1. The third kappa shape index (κ3) is 3.74. The fourth-order valence-electron chi connectivity index (χ4n) is 1.06. The molecule has 0 saturated heterocycles. The Morgan fingerprint density at radius 1 is 1.31 bits per heavy atom. The lowest BCUT2D eigenvalue weighted by Gasteiger charge is -2.05. The highest BCUT2D eigenvalue weighted by Crippen LogP contribution is 2.00. The van der Waals surface area contributed by atoms with Crippen molar-refractivity contribution in [2.45, 2.75) is 19.8 Å². The molecule has 0 heterocycles. The zero-order chi connectivity index (χ0) is 9.52. The van der Waals surface area contributed by atoms with E-state index in [-0.39, 0.29) is 0 Å². The van der Waals surface area contributed by atoms with E-state index in [1.165, 1.54) is 0 Å². The van der Waals surface area contributed by atoms with E-state index in [9.17, 15) is 0 Å². The van der Waals surface area contributed by atoms with Crippen molar-refractivity contribution in [2.75, 3.05) is 6.61 Å². The Morgan fingerprint density at radius 3 is 2.62 bits per heavy atom. The molecule has 1 N–H and O–H groups in total. The van der Waals surface area contributed by atoms with Crippen LogP contribution < -0.4 is 0 Å². The summed E-state index contributed by atoms with van der Waals surface area (Å²) in [7, 11) is 0. The minimum absolute atomic E-state index is 0.355. The lowest BCUT2D eigenvalue weighted by Crippen LogP contribution is -2.07. The average molecular weight is 177 g/mol. The Morgan fingerprint density at radius 2 is 2.00 bits per heavy atom. The molecule has 1 aromatic carbocycles. The fourth-order valence-corrected chi connectivity index (χ4v) is 1.06. The fraction of sp³-hybridized carbons (Fsp3) is 0.364. The molecule has 0 aliphatic heterocycles. The molecule has 0 unspecified atom stereocenters.